The molecule has 2 amide bonds. The monoisotopic (exact) mass is 524 g/mol. The standard InChI is InChI=1S/C26H24N2O6S2/c1-3-32-19-9-7-18(8-10-19)27-24(29)16-34-21-11-6-17(13-22(21)31-2)14-23-25(30)28(26(35)36-23)15-20-5-4-12-33-20/h4-14H,3,15-16H2,1-2H3,(H,27,29)/b23-14-. The molecular formula is C26H24N2O6S2. The van der Waals surface area contributed by atoms with Crippen LogP contribution in [0.5, 0.6) is 17.2 Å². The molecule has 4 rings (SSSR count). The van der Waals surface area contributed by atoms with E-state index in [9.17, 15) is 9.59 Å². The fraction of sp³-hybridized carbons (Fsp3) is 0.192. The van der Waals surface area contributed by atoms with Gasteiger partial charge in [0.1, 0.15) is 15.8 Å². The van der Waals surface area contributed by atoms with E-state index < -0.39 is 0 Å². The fourth-order valence-corrected chi connectivity index (χ4v) is 4.64. The van der Waals surface area contributed by atoms with E-state index in [-0.39, 0.29) is 25.0 Å². The van der Waals surface area contributed by atoms with E-state index in [0.29, 0.717) is 38.8 Å². The van der Waals surface area contributed by atoms with Gasteiger partial charge in [-0.05, 0) is 67.1 Å². The van der Waals surface area contributed by atoms with E-state index in [0.717, 1.165) is 11.3 Å². The number of ether oxygens (including phenoxy) is 3. The molecule has 186 valence electrons. The van der Waals surface area contributed by atoms with Crippen molar-refractivity contribution in [3.8, 4) is 17.2 Å². The SMILES string of the molecule is CCOc1ccc(NC(=O)COc2ccc(/C=C3\SC(=S)N(Cc4ccco4)C3=O)cc2OC)cc1. The quantitative estimate of drug-likeness (QED) is 0.289. The van der Waals surface area contributed by atoms with E-state index in [1.165, 1.54) is 23.8 Å². The van der Waals surface area contributed by atoms with Crippen molar-refractivity contribution in [2.75, 3.05) is 25.6 Å². The maximum Gasteiger partial charge on any atom is 0.266 e. The number of thiocarbonyl (C=S) groups is 1. The molecule has 1 aliphatic rings. The predicted octanol–water partition coefficient (Wildman–Crippen LogP) is 5.11. The van der Waals surface area contributed by atoms with Gasteiger partial charge in [-0.2, -0.15) is 0 Å². The molecule has 0 spiro atoms. The second kappa shape index (κ2) is 11.8. The third-order valence-corrected chi connectivity index (χ3v) is 6.44. The van der Waals surface area contributed by atoms with Gasteiger partial charge in [-0.3, -0.25) is 14.5 Å². The zero-order valence-corrected chi connectivity index (χ0v) is 21.3. The summed E-state index contributed by atoms with van der Waals surface area (Å²) in [5.41, 5.74) is 1.37. The number of hydrogen-bond acceptors (Lipinski definition) is 8. The lowest BCUT2D eigenvalue weighted by molar-refractivity contribution is -0.122. The second-order valence-electron chi connectivity index (χ2n) is 7.55. The molecule has 0 atom stereocenters. The summed E-state index contributed by atoms with van der Waals surface area (Å²) in [6.07, 6.45) is 3.30. The highest BCUT2D eigenvalue weighted by molar-refractivity contribution is 8.26. The van der Waals surface area contributed by atoms with Crippen LogP contribution in [0.1, 0.15) is 18.2 Å². The second-order valence-corrected chi connectivity index (χ2v) is 9.23. The number of amides is 2. The van der Waals surface area contributed by atoms with E-state index in [4.69, 9.17) is 30.8 Å². The summed E-state index contributed by atoms with van der Waals surface area (Å²) in [7, 11) is 1.51. The van der Waals surface area contributed by atoms with Crippen LogP contribution in [-0.2, 0) is 16.1 Å². The average molecular weight is 525 g/mol. The highest BCUT2D eigenvalue weighted by atomic mass is 32.2. The number of anilines is 1. The summed E-state index contributed by atoms with van der Waals surface area (Å²) in [5, 5.41) is 2.77. The number of thioether (sulfide) groups is 1. The molecule has 0 unspecified atom stereocenters. The van der Waals surface area contributed by atoms with Gasteiger partial charge in [0.25, 0.3) is 11.8 Å². The number of carbonyl (C=O) groups is 2. The van der Waals surface area contributed by atoms with Gasteiger partial charge in [-0.1, -0.05) is 30.0 Å². The summed E-state index contributed by atoms with van der Waals surface area (Å²) < 4.78 is 22.3. The number of furan rings is 1. The van der Waals surface area contributed by atoms with E-state index >= 15 is 0 Å². The number of methoxy groups -OCH3 is 1. The highest BCUT2D eigenvalue weighted by Gasteiger charge is 2.32. The minimum absolute atomic E-state index is 0.188. The van der Waals surface area contributed by atoms with E-state index in [2.05, 4.69) is 5.32 Å². The Labute approximate surface area is 218 Å². The Kier molecular flexibility index (Phi) is 8.29. The van der Waals surface area contributed by atoms with Gasteiger partial charge in [0.2, 0.25) is 0 Å². The summed E-state index contributed by atoms with van der Waals surface area (Å²) in [5.74, 6) is 1.72. The topological polar surface area (TPSA) is 90.2 Å². The van der Waals surface area contributed by atoms with Crippen LogP contribution in [0.15, 0.2) is 70.2 Å². The van der Waals surface area contributed by atoms with Crippen molar-refractivity contribution >= 4 is 51.9 Å². The molecule has 1 aliphatic heterocycles. The molecule has 8 nitrogen and oxygen atoms in total. The molecular weight excluding hydrogens is 500 g/mol. The average Bonchev–Trinajstić information content (AvgIpc) is 3.48. The first-order valence-corrected chi connectivity index (χ1v) is 12.3. The Balaban J connectivity index is 1.37. The van der Waals surface area contributed by atoms with Crippen molar-refractivity contribution in [2.45, 2.75) is 13.5 Å². The van der Waals surface area contributed by atoms with Gasteiger partial charge in [0.15, 0.2) is 18.1 Å². The molecule has 1 aromatic heterocycles. The molecule has 2 heterocycles. The van der Waals surface area contributed by atoms with Gasteiger partial charge in [0.05, 0.1) is 31.4 Å². The Hall–Kier alpha value is -3.76. The molecule has 3 aromatic rings. The first-order valence-electron chi connectivity index (χ1n) is 11.1. The lowest BCUT2D eigenvalue weighted by atomic mass is 10.2. The molecule has 0 bridgehead atoms. The first-order chi connectivity index (χ1) is 17.5. The minimum Gasteiger partial charge on any atom is -0.494 e. The van der Waals surface area contributed by atoms with Crippen molar-refractivity contribution in [2.24, 2.45) is 0 Å². The van der Waals surface area contributed by atoms with Crippen LogP contribution < -0.4 is 19.5 Å². The number of benzene rings is 2. The Morgan fingerprint density at radius 2 is 1.94 bits per heavy atom. The Morgan fingerprint density at radius 3 is 2.64 bits per heavy atom. The van der Waals surface area contributed by atoms with E-state index in [1.807, 2.05) is 6.92 Å². The van der Waals surface area contributed by atoms with Gasteiger partial charge < -0.3 is 23.9 Å². The maximum atomic E-state index is 12.8. The lowest BCUT2D eigenvalue weighted by Gasteiger charge is -2.12. The minimum atomic E-state index is -0.314. The molecule has 0 radical (unpaired) electrons. The van der Waals surface area contributed by atoms with Crippen molar-refractivity contribution in [1.29, 1.82) is 0 Å². The van der Waals surface area contributed by atoms with Crippen molar-refractivity contribution in [3.63, 3.8) is 0 Å². The molecule has 0 aliphatic carbocycles. The molecule has 1 fully saturated rings. The normalized spacial score (nSPS) is 14.3. The zero-order chi connectivity index (χ0) is 25.5. The first kappa shape index (κ1) is 25.3. The predicted molar refractivity (Wildman–Crippen MR) is 142 cm³/mol. The fourth-order valence-electron chi connectivity index (χ4n) is 3.38. The third kappa shape index (κ3) is 6.27. The number of nitrogens with zero attached hydrogens (tertiary/aromatic N) is 1. The molecule has 36 heavy (non-hydrogen) atoms. The molecule has 1 N–H and O–H groups in total. The van der Waals surface area contributed by atoms with Gasteiger partial charge in [0, 0.05) is 5.69 Å². The van der Waals surface area contributed by atoms with E-state index in [1.54, 1.807) is 66.9 Å². The van der Waals surface area contributed by atoms with Crippen LogP contribution in [0.25, 0.3) is 6.08 Å². The summed E-state index contributed by atoms with van der Waals surface area (Å²) in [6, 6.07) is 15.9. The van der Waals surface area contributed by atoms with Gasteiger partial charge in [-0.25, -0.2) is 0 Å². The molecule has 1 saturated heterocycles. The van der Waals surface area contributed by atoms with Crippen molar-refractivity contribution in [3.05, 3.63) is 77.1 Å². The largest absolute Gasteiger partial charge is 0.494 e. The number of rotatable bonds is 10. The Morgan fingerprint density at radius 1 is 1.14 bits per heavy atom. The maximum absolute atomic E-state index is 12.8. The smallest absolute Gasteiger partial charge is 0.266 e. The van der Waals surface area contributed by atoms with Gasteiger partial charge >= 0.3 is 0 Å². The summed E-state index contributed by atoms with van der Waals surface area (Å²) in [4.78, 5) is 27.2. The molecule has 10 heteroatoms. The number of nitrogens with one attached hydrogen (secondary N) is 1. The van der Waals surface area contributed by atoms with Crippen LogP contribution >= 0.6 is 24.0 Å². The van der Waals surface area contributed by atoms with Crippen molar-refractivity contribution < 1.29 is 28.2 Å². The number of carbonyl (C=O) groups excluding carboxylic acids is 2. The summed E-state index contributed by atoms with van der Waals surface area (Å²) in [6.45, 7) is 2.56. The summed E-state index contributed by atoms with van der Waals surface area (Å²) >= 11 is 6.60. The molecule has 0 saturated carbocycles. The van der Waals surface area contributed by atoms with Gasteiger partial charge in [-0.15, -0.1) is 0 Å². The third-order valence-electron chi connectivity index (χ3n) is 5.06. The van der Waals surface area contributed by atoms with Crippen LogP contribution in [0.4, 0.5) is 5.69 Å². The lowest BCUT2D eigenvalue weighted by Crippen LogP contribution is -2.27. The number of hydrogen-bond donors (Lipinski definition) is 1. The van der Waals surface area contributed by atoms with Crippen LogP contribution in [0, 0.1) is 0 Å². The molecule has 2 aromatic carbocycles. The highest BCUT2D eigenvalue weighted by Crippen LogP contribution is 2.35. The van der Waals surface area contributed by atoms with Crippen LogP contribution in [0.3, 0.4) is 0 Å². The van der Waals surface area contributed by atoms with Crippen LogP contribution in [0.2, 0.25) is 0 Å². The Bertz CT molecular complexity index is 1270. The zero-order valence-electron chi connectivity index (χ0n) is 19.7. The van der Waals surface area contributed by atoms with Crippen LogP contribution in [-0.4, -0.2) is 41.4 Å². The van der Waals surface area contributed by atoms with Crippen molar-refractivity contribution in [1.82, 2.24) is 4.90 Å².